The molecule has 0 spiro atoms. The van der Waals surface area contributed by atoms with E-state index in [4.69, 9.17) is 0 Å². The van der Waals surface area contributed by atoms with Crippen LogP contribution in [0.4, 0.5) is 10.5 Å². The van der Waals surface area contributed by atoms with Crippen LogP contribution >= 0.6 is 0 Å². The smallest absolute Gasteiger partial charge is 0.319 e. The Kier molecular flexibility index (Phi) is 5.61. The first-order valence-corrected chi connectivity index (χ1v) is 10.2. The standard InChI is InChI=1S/C25H25N3O2/c1-18-17-20(13-16-26-18)19-7-9-22(10-8-19)27-24(30)28-25(14-11-23(29)12-15-25)21-5-3-2-4-6-21/h2-10,13,16-17H,11-12,14-15H2,1H3,(H2,27,28,30). The molecule has 0 bridgehead atoms. The highest BCUT2D eigenvalue weighted by Crippen LogP contribution is 2.36. The average Bonchev–Trinajstić information content (AvgIpc) is 2.77. The Bertz CT molecular complexity index is 1040. The maximum Gasteiger partial charge on any atom is 0.319 e. The lowest BCUT2D eigenvalue weighted by molar-refractivity contribution is -0.121. The number of carbonyl (C=O) groups excluding carboxylic acids is 2. The van der Waals surface area contributed by atoms with Crippen molar-refractivity contribution in [2.24, 2.45) is 0 Å². The highest BCUT2D eigenvalue weighted by atomic mass is 16.2. The highest BCUT2D eigenvalue weighted by Gasteiger charge is 2.37. The lowest BCUT2D eigenvalue weighted by atomic mass is 9.76. The normalized spacial score (nSPS) is 15.4. The molecule has 5 nitrogen and oxygen atoms in total. The molecule has 1 aliphatic carbocycles. The zero-order valence-corrected chi connectivity index (χ0v) is 17.0. The van der Waals surface area contributed by atoms with Crippen molar-refractivity contribution in [3.8, 4) is 11.1 Å². The van der Waals surface area contributed by atoms with Crippen LogP contribution in [0.3, 0.4) is 0 Å². The van der Waals surface area contributed by atoms with Crippen LogP contribution in [0.2, 0.25) is 0 Å². The first kappa shape index (κ1) is 19.8. The molecule has 5 heteroatoms. The molecule has 2 amide bonds. The Morgan fingerprint density at radius 2 is 1.63 bits per heavy atom. The molecule has 1 aromatic heterocycles. The van der Waals surface area contributed by atoms with E-state index in [0.717, 1.165) is 28.1 Å². The van der Waals surface area contributed by atoms with Gasteiger partial charge < -0.3 is 10.6 Å². The summed E-state index contributed by atoms with van der Waals surface area (Å²) in [6.45, 7) is 1.96. The Balaban J connectivity index is 1.48. The zero-order chi connectivity index (χ0) is 21.0. The fraction of sp³-hybridized carbons (Fsp3) is 0.240. The van der Waals surface area contributed by atoms with E-state index < -0.39 is 5.54 Å². The average molecular weight is 399 g/mol. The lowest BCUT2D eigenvalue weighted by Crippen LogP contribution is -2.49. The van der Waals surface area contributed by atoms with Crippen LogP contribution in [-0.4, -0.2) is 16.8 Å². The van der Waals surface area contributed by atoms with E-state index in [-0.39, 0.29) is 11.8 Å². The van der Waals surface area contributed by atoms with E-state index in [0.29, 0.717) is 25.7 Å². The lowest BCUT2D eigenvalue weighted by Gasteiger charge is -2.38. The molecule has 2 aromatic carbocycles. The van der Waals surface area contributed by atoms with Gasteiger partial charge in [0.15, 0.2) is 0 Å². The number of nitrogens with zero attached hydrogens (tertiary/aromatic N) is 1. The molecule has 152 valence electrons. The van der Waals surface area contributed by atoms with Crippen molar-refractivity contribution in [3.05, 3.63) is 84.2 Å². The van der Waals surface area contributed by atoms with Gasteiger partial charge in [0.2, 0.25) is 0 Å². The van der Waals surface area contributed by atoms with Crippen LogP contribution in [0.25, 0.3) is 11.1 Å². The molecule has 4 rings (SSSR count). The summed E-state index contributed by atoms with van der Waals surface area (Å²) in [7, 11) is 0. The monoisotopic (exact) mass is 399 g/mol. The van der Waals surface area contributed by atoms with Gasteiger partial charge in [-0.3, -0.25) is 9.78 Å². The second-order valence-corrected chi connectivity index (χ2v) is 7.83. The topological polar surface area (TPSA) is 71.1 Å². The Morgan fingerprint density at radius 3 is 2.30 bits per heavy atom. The SMILES string of the molecule is Cc1cc(-c2ccc(NC(=O)NC3(c4ccccc4)CCC(=O)CC3)cc2)ccn1. The molecular weight excluding hydrogens is 374 g/mol. The Morgan fingerprint density at radius 1 is 0.933 bits per heavy atom. The van der Waals surface area contributed by atoms with Gasteiger partial charge in [-0.05, 0) is 60.7 Å². The quantitative estimate of drug-likeness (QED) is 0.632. The van der Waals surface area contributed by atoms with E-state index in [2.05, 4.69) is 15.6 Å². The number of urea groups is 1. The number of aryl methyl sites for hydroxylation is 1. The number of Topliss-reactive ketones (excluding diaryl/α,β-unsaturated/α-hetero) is 1. The van der Waals surface area contributed by atoms with Gasteiger partial charge in [-0.15, -0.1) is 0 Å². The Hall–Kier alpha value is -3.47. The summed E-state index contributed by atoms with van der Waals surface area (Å²) in [5.74, 6) is 0.255. The maximum atomic E-state index is 12.8. The number of hydrogen-bond donors (Lipinski definition) is 2. The summed E-state index contributed by atoms with van der Waals surface area (Å²) in [6, 6.07) is 21.4. The number of benzene rings is 2. The van der Waals surface area contributed by atoms with Crippen molar-refractivity contribution in [2.75, 3.05) is 5.32 Å². The van der Waals surface area contributed by atoms with Crippen molar-refractivity contribution in [2.45, 2.75) is 38.1 Å². The minimum atomic E-state index is -0.520. The molecule has 0 atom stereocenters. The molecule has 30 heavy (non-hydrogen) atoms. The van der Waals surface area contributed by atoms with Crippen molar-refractivity contribution >= 4 is 17.5 Å². The second-order valence-electron chi connectivity index (χ2n) is 7.83. The van der Waals surface area contributed by atoms with Crippen LogP contribution in [0.1, 0.15) is 36.9 Å². The van der Waals surface area contributed by atoms with E-state index in [1.165, 1.54) is 0 Å². The summed E-state index contributed by atoms with van der Waals surface area (Å²) in [4.78, 5) is 28.8. The fourth-order valence-corrected chi connectivity index (χ4v) is 4.05. The predicted molar refractivity (Wildman–Crippen MR) is 118 cm³/mol. The third kappa shape index (κ3) is 4.40. The van der Waals surface area contributed by atoms with E-state index in [9.17, 15) is 9.59 Å². The molecule has 0 unspecified atom stereocenters. The first-order valence-electron chi connectivity index (χ1n) is 10.2. The number of ketones is 1. The van der Waals surface area contributed by atoms with Crippen LogP contribution in [-0.2, 0) is 10.3 Å². The number of pyridine rings is 1. The van der Waals surface area contributed by atoms with Gasteiger partial charge in [0, 0.05) is 30.4 Å². The molecule has 0 saturated heterocycles. The van der Waals surface area contributed by atoms with E-state index in [1.807, 2.05) is 73.7 Å². The first-order chi connectivity index (χ1) is 14.5. The molecule has 1 fully saturated rings. The van der Waals surface area contributed by atoms with Crippen LogP contribution in [0.5, 0.6) is 0 Å². The third-order valence-electron chi connectivity index (χ3n) is 5.71. The number of rotatable bonds is 4. The molecular formula is C25H25N3O2. The number of aromatic nitrogens is 1. The second kappa shape index (κ2) is 8.49. The summed E-state index contributed by atoms with van der Waals surface area (Å²) >= 11 is 0. The maximum absolute atomic E-state index is 12.8. The molecule has 0 aliphatic heterocycles. The van der Waals surface area contributed by atoms with Crippen LogP contribution < -0.4 is 10.6 Å². The fourth-order valence-electron chi connectivity index (χ4n) is 4.05. The van der Waals surface area contributed by atoms with Gasteiger partial charge in [-0.2, -0.15) is 0 Å². The summed E-state index contributed by atoms with van der Waals surface area (Å²) in [6.07, 6.45) is 3.99. The van der Waals surface area contributed by atoms with Crippen LogP contribution in [0.15, 0.2) is 72.9 Å². The molecule has 3 aromatic rings. The zero-order valence-electron chi connectivity index (χ0n) is 17.0. The van der Waals surface area contributed by atoms with Gasteiger partial charge in [-0.1, -0.05) is 42.5 Å². The minimum absolute atomic E-state index is 0.255. The molecule has 2 N–H and O–H groups in total. The van der Waals surface area contributed by atoms with Gasteiger partial charge in [0.1, 0.15) is 5.78 Å². The van der Waals surface area contributed by atoms with Crippen molar-refractivity contribution in [3.63, 3.8) is 0 Å². The molecule has 0 radical (unpaired) electrons. The predicted octanol–water partition coefficient (Wildman–Crippen LogP) is 5.22. The summed E-state index contributed by atoms with van der Waals surface area (Å²) < 4.78 is 0. The molecule has 1 saturated carbocycles. The number of hydrogen-bond acceptors (Lipinski definition) is 3. The van der Waals surface area contributed by atoms with Crippen molar-refractivity contribution in [1.82, 2.24) is 10.3 Å². The molecule has 1 aliphatic rings. The number of carbonyl (C=O) groups is 2. The largest absolute Gasteiger partial charge is 0.328 e. The number of anilines is 1. The van der Waals surface area contributed by atoms with E-state index >= 15 is 0 Å². The Labute approximate surface area is 176 Å². The van der Waals surface area contributed by atoms with Gasteiger partial charge >= 0.3 is 6.03 Å². The van der Waals surface area contributed by atoms with Gasteiger partial charge in [-0.25, -0.2) is 4.79 Å². The van der Waals surface area contributed by atoms with Crippen molar-refractivity contribution in [1.29, 1.82) is 0 Å². The summed E-state index contributed by atoms with van der Waals surface area (Å²) in [5.41, 5.74) is 4.36. The number of nitrogens with one attached hydrogen (secondary N) is 2. The van der Waals surface area contributed by atoms with Gasteiger partial charge in [0.05, 0.1) is 5.54 Å². The highest BCUT2D eigenvalue weighted by molar-refractivity contribution is 5.90. The minimum Gasteiger partial charge on any atom is -0.328 e. The van der Waals surface area contributed by atoms with Crippen molar-refractivity contribution < 1.29 is 9.59 Å². The number of amides is 2. The third-order valence-corrected chi connectivity index (χ3v) is 5.71. The summed E-state index contributed by atoms with van der Waals surface area (Å²) in [5, 5.41) is 6.10. The van der Waals surface area contributed by atoms with Gasteiger partial charge in [0.25, 0.3) is 0 Å². The van der Waals surface area contributed by atoms with E-state index in [1.54, 1.807) is 6.20 Å². The molecule has 1 heterocycles. The van der Waals surface area contributed by atoms with Crippen LogP contribution in [0, 0.1) is 6.92 Å².